The van der Waals surface area contributed by atoms with E-state index in [2.05, 4.69) is 15.5 Å². The summed E-state index contributed by atoms with van der Waals surface area (Å²) in [7, 11) is -3.47. The molecule has 1 amide bonds. The molecule has 33 heavy (non-hydrogen) atoms. The number of aryl methyl sites for hydroxylation is 1. The summed E-state index contributed by atoms with van der Waals surface area (Å²) in [6.07, 6.45) is 1.78. The van der Waals surface area contributed by atoms with Gasteiger partial charge in [-0.25, -0.2) is 8.42 Å². The van der Waals surface area contributed by atoms with E-state index in [-0.39, 0.29) is 10.8 Å². The molecule has 1 saturated heterocycles. The summed E-state index contributed by atoms with van der Waals surface area (Å²) in [5, 5.41) is 11.5. The normalized spacial score (nSPS) is 15.5. The van der Waals surface area contributed by atoms with Crippen molar-refractivity contribution in [2.45, 2.75) is 48.5 Å². The number of amides is 1. The molecule has 1 unspecified atom stereocenters. The zero-order valence-electron chi connectivity index (χ0n) is 18.6. The van der Waals surface area contributed by atoms with Crippen LogP contribution in [-0.4, -0.2) is 51.7 Å². The Morgan fingerprint density at radius 2 is 1.73 bits per heavy atom. The van der Waals surface area contributed by atoms with Gasteiger partial charge in [-0.3, -0.25) is 4.79 Å². The molecular weight excluding hydrogens is 458 g/mol. The largest absolute Gasteiger partial charge is 0.325 e. The van der Waals surface area contributed by atoms with Crippen LogP contribution < -0.4 is 5.32 Å². The highest BCUT2D eigenvalue weighted by atomic mass is 32.2. The lowest BCUT2D eigenvalue weighted by Gasteiger charge is -2.16. The number of sulfonamides is 1. The number of anilines is 1. The van der Waals surface area contributed by atoms with Crippen molar-refractivity contribution in [3.63, 3.8) is 0 Å². The maximum absolute atomic E-state index is 12.8. The standard InChI is InChI=1S/C23H27N5O3S2/c1-17(32-23-26-25-18(2)28(23)16-19-8-4-3-5-9-19)22(29)24-20-10-12-21(13-11-20)33(30,31)27-14-6-7-15-27/h3-5,8-13,17H,6-7,14-16H2,1-2H3,(H,24,29). The highest BCUT2D eigenvalue weighted by molar-refractivity contribution is 8.00. The minimum atomic E-state index is -3.47. The number of thioether (sulfide) groups is 1. The van der Waals surface area contributed by atoms with E-state index < -0.39 is 15.3 Å². The SMILES string of the molecule is Cc1nnc(SC(C)C(=O)Nc2ccc(S(=O)(=O)N3CCCC3)cc2)n1Cc1ccccc1. The van der Waals surface area contributed by atoms with Crippen molar-refractivity contribution in [1.82, 2.24) is 19.1 Å². The van der Waals surface area contributed by atoms with Crippen LogP contribution in [0, 0.1) is 6.92 Å². The van der Waals surface area contributed by atoms with Gasteiger partial charge in [-0.2, -0.15) is 4.31 Å². The van der Waals surface area contributed by atoms with Gasteiger partial charge in [-0.05, 0) is 56.5 Å². The van der Waals surface area contributed by atoms with E-state index in [1.54, 1.807) is 24.3 Å². The number of rotatable bonds is 8. The van der Waals surface area contributed by atoms with Crippen LogP contribution in [0.25, 0.3) is 0 Å². The Morgan fingerprint density at radius 3 is 2.39 bits per heavy atom. The lowest BCUT2D eigenvalue weighted by Crippen LogP contribution is -2.27. The van der Waals surface area contributed by atoms with Gasteiger partial charge in [0.2, 0.25) is 15.9 Å². The second kappa shape index (κ2) is 10.1. The van der Waals surface area contributed by atoms with Crippen LogP contribution in [0.2, 0.25) is 0 Å². The molecule has 4 rings (SSSR count). The van der Waals surface area contributed by atoms with Gasteiger partial charge in [0, 0.05) is 18.8 Å². The molecule has 8 nitrogen and oxygen atoms in total. The molecule has 0 aliphatic carbocycles. The number of aromatic nitrogens is 3. The molecule has 1 atom stereocenters. The Kier molecular flexibility index (Phi) is 7.16. The highest BCUT2D eigenvalue weighted by Crippen LogP contribution is 2.25. The number of nitrogens with zero attached hydrogens (tertiary/aromatic N) is 4. The minimum Gasteiger partial charge on any atom is -0.325 e. The summed E-state index contributed by atoms with van der Waals surface area (Å²) in [4.78, 5) is 13.0. The number of hydrogen-bond acceptors (Lipinski definition) is 6. The summed E-state index contributed by atoms with van der Waals surface area (Å²) in [6.45, 7) is 5.45. The summed E-state index contributed by atoms with van der Waals surface area (Å²) < 4.78 is 28.8. The number of carbonyl (C=O) groups excluding carboxylic acids is 1. The average molecular weight is 486 g/mol. The summed E-state index contributed by atoms with van der Waals surface area (Å²) in [5.41, 5.74) is 1.68. The first-order chi connectivity index (χ1) is 15.8. The van der Waals surface area contributed by atoms with Crippen LogP contribution in [0.5, 0.6) is 0 Å². The van der Waals surface area contributed by atoms with E-state index >= 15 is 0 Å². The van der Waals surface area contributed by atoms with Gasteiger partial charge in [0.25, 0.3) is 0 Å². The maximum Gasteiger partial charge on any atom is 0.243 e. The predicted octanol–water partition coefficient (Wildman–Crippen LogP) is 3.54. The first-order valence-corrected chi connectivity index (χ1v) is 13.2. The Hall–Kier alpha value is -2.69. The minimum absolute atomic E-state index is 0.193. The van der Waals surface area contributed by atoms with Gasteiger partial charge < -0.3 is 9.88 Å². The van der Waals surface area contributed by atoms with Crippen LogP contribution in [-0.2, 0) is 21.4 Å². The average Bonchev–Trinajstić information content (AvgIpc) is 3.47. The highest BCUT2D eigenvalue weighted by Gasteiger charge is 2.27. The van der Waals surface area contributed by atoms with Gasteiger partial charge in [-0.1, -0.05) is 42.1 Å². The van der Waals surface area contributed by atoms with E-state index in [9.17, 15) is 13.2 Å². The van der Waals surface area contributed by atoms with Crippen molar-refractivity contribution in [3.05, 3.63) is 66.0 Å². The Balaban J connectivity index is 1.39. The number of hydrogen-bond donors (Lipinski definition) is 1. The van der Waals surface area contributed by atoms with Crippen molar-refractivity contribution >= 4 is 33.4 Å². The smallest absolute Gasteiger partial charge is 0.243 e. The Bertz CT molecular complexity index is 1200. The van der Waals surface area contributed by atoms with Crippen LogP contribution >= 0.6 is 11.8 Å². The lowest BCUT2D eigenvalue weighted by molar-refractivity contribution is -0.115. The molecule has 1 fully saturated rings. The molecule has 1 N–H and O–H groups in total. The third-order valence-corrected chi connectivity index (χ3v) is 8.55. The van der Waals surface area contributed by atoms with Gasteiger partial charge in [0.05, 0.1) is 16.7 Å². The zero-order valence-corrected chi connectivity index (χ0v) is 20.3. The second-order valence-corrected chi connectivity index (χ2v) is 11.2. The third kappa shape index (κ3) is 5.45. The van der Waals surface area contributed by atoms with Crippen molar-refractivity contribution < 1.29 is 13.2 Å². The van der Waals surface area contributed by atoms with Crippen LogP contribution in [0.1, 0.15) is 31.2 Å². The molecule has 10 heteroatoms. The maximum atomic E-state index is 12.8. The molecule has 3 aromatic rings. The zero-order chi connectivity index (χ0) is 23.4. The van der Waals surface area contributed by atoms with E-state index in [4.69, 9.17) is 0 Å². The number of carbonyl (C=O) groups is 1. The van der Waals surface area contributed by atoms with E-state index in [0.717, 1.165) is 24.2 Å². The van der Waals surface area contributed by atoms with Crippen molar-refractivity contribution in [3.8, 4) is 0 Å². The molecular formula is C23H27N5O3S2. The molecule has 2 aromatic carbocycles. The van der Waals surface area contributed by atoms with Gasteiger partial charge in [0.15, 0.2) is 5.16 Å². The molecule has 0 saturated carbocycles. The van der Waals surface area contributed by atoms with Crippen molar-refractivity contribution in [2.75, 3.05) is 18.4 Å². The first-order valence-electron chi connectivity index (χ1n) is 10.9. The summed E-state index contributed by atoms with van der Waals surface area (Å²) in [5.74, 6) is 0.589. The summed E-state index contributed by atoms with van der Waals surface area (Å²) >= 11 is 1.34. The van der Waals surface area contributed by atoms with Gasteiger partial charge in [0.1, 0.15) is 5.82 Å². The third-order valence-electron chi connectivity index (χ3n) is 5.56. The quantitative estimate of drug-likeness (QED) is 0.490. The lowest BCUT2D eigenvalue weighted by atomic mass is 10.2. The topological polar surface area (TPSA) is 97.2 Å². The molecule has 1 aliphatic heterocycles. The van der Waals surface area contributed by atoms with E-state index in [1.807, 2.05) is 48.7 Å². The fraction of sp³-hybridized carbons (Fsp3) is 0.348. The van der Waals surface area contributed by atoms with Crippen LogP contribution in [0.3, 0.4) is 0 Å². The van der Waals surface area contributed by atoms with E-state index in [1.165, 1.54) is 16.1 Å². The molecule has 0 bridgehead atoms. The molecule has 0 spiro atoms. The molecule has 1 aliphatic rings. The molecule has 2 heterocycles. The van der Waals surface area contributed by atoms with Gasteiger partial charge >= 0.3 is 0 Å². The second-order valence-electron chi connectivity index (χ2n) is 7.99. The Morgan fingerprint density at radius 1 is 1.06 bits per heavy atom. The monoisotopic (exact) mass is 485 g/mol. The van der Waals surface area contributed by atoms with Crippen LogP contribution in [0.4, 0.5) is 5.69 Å². The fourth-order valence-electron chi connectivity index (χ4n) is 3.64. The van der Waals surface area contributed by atoms with Crippen molar-refractivity contribution in [1.29, 1.82) is 0 Å². The molecule has 174 valence electrons. The molecule has 0 radical (unpaired) electrons. The van der Waals surface area contributed by atoms with E-state index in [0.29, 0.717) is 30.5 Å². The predicted molar refractivity (Wildman–Crippen MR) is 129 cm³/mol. The molecule has 1 aromatic heterocycles. The first kappa shape index (κ1) is 23.5. The number of benzene rings is 2. The van der Waals surface area contributed by atoms with Crippen LogP contribution in [0.15, 0.2) is 64.6 Å². The van der Waals surface area contributed by atoms with Gasteiger partial charge in [-0.15, -0.1) is 10.2 Å². The van der Waals surface area contributed by atoms with Crippen molar-refractivity contribution in [2.24, 2.45) is 0 Å². The number of nitrogens with one attached hydrogen (secondary N) is 1. The summed E-state index contributed by atoms with van der Waals surface area (Å²) in [6, 6.07) is 16.4. The Labute approximate surface area is 198 Å². The fourth-order valence-corrected chi connectivity index (χ4v) is 6.05.